The highest BCUT2D eigenvalue weighted by molar-refractivity contribution is 5.89. The number of amides is 1. The van der Waals surface area contributed by atoms with Crippen LogP contribution in [0, 0.1) is 5.92 Å². The van der Waals surface area contributed by atoms with Crippen molar-refractivity contribution in [2.45, 2.75) is 32.9 Å². The minimum absolute atomic E-state index is 0. The molecular weight excluding hydrogens is 270 g/mol. The summed E-state index contributed by atoms with van der Waals surface area (Å²) in [7, 11) is 0. The van der Waals surface area contributed by atoms with Crippen molar-refractivity contribution in [1.29, 1.82) is 0 Å². The monoisotopic (exact) mass is 293 g/mol. The third-order valence-electron chi connectivity index (χ3n) is 3.09. The van der Waals surface area contributed by atoms with Gasteiger partial charge in [-0.2, -0.15) is 0 Å². The van der Waals surface area contributed by atoms with Crippen LogP contribution >= 0.6 is 12.4 Å². The second kappa shape index (κ2) is 8.35. The molecule has 3 N–H and O–H groups in total. The number of ketones is 1. The van der Waals surface area contributed by atoms with E-state index in [1.165, 1.54) is 0 Å². The van der Waals surface area contributed by atoms with E-state index < -0.39 is 6.04 Å². The summed E-state index contributed by atoms with van der Waals surface area (Å²) in [5.74, 6) is 0.0521. The molecule has 0 saturated carbocycles. The van der Waals surface area contributed by atoms with Crippen molar-refractivity contribution in [2.75, 3.05) is 26.2 Å². The molecule has 1 amide bonds. The zero-order chi connectivity index (χ0) is 13.7. The highest BCUT2D eigenvalue weighted by atomic mass is 35.5. The summed E-state index contributed by atoms with van der Waals surface area (Å²) in [5, 5.41) is 3.10. The van der Waals surface area contributed by atoms with Crippen LogP contribution in [0.4, 0.5) is 4.79 Å². The highest BCUT2D eigenvalue weighted by Crippen LogP contribution is 2.08. The molecule has 0 spiro atoms. The average molecular weight is 294 g/mol. The van der Waals surface area contributed by atoms with Crippen molar-refractivity contribution in [3.63, 3.8) is 0 Å². The predicted molar refractivity (Wildman–Crippen MR) is 75.5 cm³/mol. The summed E-state index contributed by atoms with van der Waals surface area (Å²) < 4.78 is 4.93. The average Bonchev–Trinajstić information content (AvgIpc) is 2.37. The Balaban J connectivity index is 0.00000324. The van der Waals surface area contributed by atoms with Crippen LogP contribution in [0.25, 0.3) is 0 Å². The van der Waals surface area contributed by atoms with E-state index in [4.69, 9.17) is 10.5 Å². The van der Waals surface area contributed by atoms with Crippen LogP contribution in [0.2, 0.25) is 0 Å². The van der Waals surface area contributed by atoms with Crippen LogP contribution in [0.1, 0.15) is 20.8 Å². The Morgan fingerprint density at radius 3 is 2.63 bits per heavy atom. The molecular formula is C12H24ClN3O3. The first-order valence-electron chi connectivity index (χ1n) is 6.41. The number of hydrogen-bond donors (Lipinski definition) is 2. The molecule has 1 rings (SSSR count). The molecule has 1 heterocycles. The fourth-order valence-corrected chi connectivity index (χ4v) is 1.88. The molecule has 1 fully saturated rings. The number of Topliss-reactive ketones (excluding diaryl/α,β-unsaturated/α-hetero) is 1. The maximum absolute atomic E-state index is 12.1. The first-order chi connectivity index (χ1) is 8.47. The van der Waals surface area contributed by atoms with Crippen LogP contribution in [0.15, 0.2) is 0 Å². The van der Waals surface area contributed by atoms with Crippen molar-refractivity contribution < 1.29 is 14.3 Å². The quantitative estimate of drug-likeness (QED) is 0.783. The second-order valence-electron chi connectivity index (χ2n) is 4.82. The minimum Gasteiger partial charge on any atom is -0.450 e. The number of nitrogens with two attached hydrogens (primary N) is 1. The molecule has 0 aromatic heterocycles. The molecule has 7 heteroatoms. The van der Waals surface area contributed by atoms with E-state index >= 15 is 0 Å². The van der Waals surface area contributed by atoms with Crippen molar-refractivity contribution >= 4 is 24.3 Å². The van der Waals surface area contributed by atoms with Crippen molar-refractivity contribution in [3.05, 3.63) is 0 Å². The van der Waals surface area contributed by atoms with Crippen molar-refractivity contribution in [1.82, 2.24) is 10.2 Å². The Kier molecular flexibility index (Phi) is 7.97. The fraction of sp³-hybridized carbons (Fsp3) is 0.833. The zero-order valence-corrected chi connectivity index (χ0v) is 12.5. The molecule has 0 aliphatic carbocycles. The van der Waals surface area contributed by atoms with E-state index in [-0.39, 0.29) is 36.2 Å². The molecule has 0 aromatic carbocycles. The van der Waals surface area contributed by atoms with Gasteiger partial charge in [-0.25, -0.2) is 4.79 Å². The number of nitrogens with one attached hydrogen (secondary N) is 1. The van der Waals surface area contributed by atoms with E-state index in [0.29, 0.717) is 26.2 Å². The normalized spacial score (nSPS) is 20.7. The number of halogens is 1. The Morgan fingerprint density at radius 1 is 1.47 bits per heavy atom. The van der Waals surface area contributed by atoms with Crippen LogP contribution < -0.4 is 11.1 Å². The smallest absolute Gasteiger partial charge is 0.409 e. The summed E-state index contributed by atoms with van der Waals surface area (Å²) >= 11 is 0. The maximum Gasteiger partial charge on any atom is 0.409 e. The molecule has 1 aliphatic rings. The van der Waals surface area contributed by atoms with Gasteiger partial charge in [0.25, 0.3) is 0 Å². The number of ether oxygens (including phenoxy) is 1. The second-order valence-corrected chi connectivity index (χ2v) is 4.82. The lowest BCUT2D eigenvalue weighted by Gasteiger charge is -2.33. The lowest BCUT2D eigenvalue weighted by molar-refractivity contribution is -0.124. The molecule has 1 saturated heterocycles. The van der Waals surface area contributed by atoms with Gasteiger partial charge in [0, 0.05) is 19.6 Å². The van der Waals surface area contributed by atoms with E-state index in [0.717, 1.165) is 0 Å². The molecule has 19 heavy (non-hydrogen) atoms. The van der Waals surface area contributed by atoms with Crippen LogP contribution in [0.5, 0.6) is 0 Å². The molecule has 112 valence electrons. The van der Waals surface area contributed by atoms with Gasteiger partial charge >= 0.3 is 6.09 Å². The zero-order valence-electron chi connectivity index (χ0n) is 11.7. The van der Waals surface area contributed by atoms with Gasteiger partial charge in [-0.15, -0.1) is 12.4 Å². The topological polar surface area (TPSA) is 84.7 Å². The molecule has 0 bridgehead atoms. The molecule has 0 aromatic rings. The number of nitrogens with zero attached hydrogens (tertiary/aromatic N) is 1. The largest absolute Gasteiger partial charge is 0.450 e. The molecule has 6 nitrogen and oxygen atoms in total. The Hall–Kier alpha value is -0.850. The van der Waals surface area contributed by atoms with Gasteiger partial charge in [-0.3, -0.25) is 4.79 Å². The van der Waals surface area contributed by atoms with E-state index in [2.05, 4.69) is 5.32 Å². The maximum atomic E-state index is 12.1. The van der Waals surface area contributed by atoms with Crippen LogP contribution in [0.3, 0.4) is 0 Å². The Morgan fingerprint density at radius 2 is 2.11 bits per heavy atom. The number of carbonyl (C=O) groups is 2. The third-order valence-corrected chi connectivity index (χ3v) is 3.09. The Labute approximate surface area is 120 Å². The van der Waals surface area contributed by atoms with Gasteiger partial charge in [0.2, 0.25) is 0 Å². The molecule has 1 unspecified atom stereocenters. The van der Waals surface area contributed by atoms with Gasteiger partial charge in [0.1, 0.15) is 0 Å². The summed E-state index contributed by atoms with van der Waals surface area (Å²) in [6.07, 6.45) is -0.366. The number of piperazine rings is 1. The summed E-state index contributed by atoms with van der Waals surface area (Å²) in [4.78, 5) is 25.3. The summed E-state index contributed by atoms with van der Waals surface area (Å²) in [5.41, 5.74) is 5.85. The van der Waals surface area contributed by atoms with E-state index in [1.54, 1.807) is 11.8 Å². The molecule has 0 radical (unpaired) electrons. The van der Waals surface area contributed by atoms with E-state index in [1.807, 2.05) is 13.8 Å². The lowest BCUT2D eigenvalue weighted by atomic mass is 9.95. The summed E-state index contributed by atoms with van der Waals surface area (Å²) in [6.45, 7) is 7.39. The summed E-state index contributed by atoms with van der Waals surface area (Å²) in [6, 6.07) is -0.884. The highest BCUT2D eigenvalue weighted by Gasteiger charge is 2.32. The van der Waals surface area contributed by atoms with E-state index in [9.17, 15) is 9.59 Å². The molecule has 2 atom stereocenters. The number of hydrogen-bond acceptors (Lipinski definition) is 5. The standard InChI is InChI=1S/C12H23N3O3.ClH/c1-4-18-12(17)15-6-5-14-9(7-15)11(16)10(13)8(2)3;/h8-10,14H,4-7,13H2,1-3H3;1H/t9?,10-;/m0./s1. The van der Waals surface area contributed by atoms with Crippen LogP contribution in [-0.2, 0) is 9.53 Å². The van der Waals surface area contributed by atoms with Crippen molar-refractivity contribution in [3.8, 4) is 0 Å². The first-order valence-corrected chi connectivity index (χ1v) is 6.41. The van der Waals surface area contributed by atoms with Crippen molar-refractivity contribution in [2.24, 2.45) is 11.7 Å². The lowest BCUT2D eigenvalue weighted by Crippen LogP contribution is -2.59. The van der Waals surface area contributed by atoms with Gasteiger partial charge in [-0.1, -0.05) is 13.8 Å². The van der Waals surface area contributed by atoms with Gasteiger partial charge in [0.05, 0.1) is 18.7 Å². The number of carbonyl (C=O) groups excluding carboxylic acids is 2. The van der Waals surface area contributed by atoms with Crippen LogP contribution in [-0.4, -0.2) is 55.1 Å². The number of rotatable bonds is 4. The van der Waals surface area contributed by atoms with Gasteiger partial charge in [0.15, 0.2) is 5.78 Å². The minimum atomic E-state index is -0.496. The SMILES string of the molecule is CCOC(=O)N1CCNC(C(=O)[C@@H](N)C(C)C)C1.Cl. The molecule has 1 aliphatic heterocycles. The fourth-order valence-electron chi connectivity index (χ4n) is 1.88. The Bertz CT molecular complexity index is 313. The first kappa shape index (κ1) is 18.1. The van der Waals surface area contributed by atoms with Gasteiger partial charge in [-0.05, 0) is 12.8 Å². The van der Waals surface area contributed by atoms with Gasteiger partial charge < -0.3 is 20.7 Å². The third kappa shape index (κ3) is 4.97. The predicted octanol–water partition coefficient (Wildman–Crippen LogP) is 0.391.